The molecule has 0 aromatic heterocycles. The predicted molar refractivity (Wildman–Crippen MR) is 124 cm³/mol. The Morgan fingerprint density at radius 1 is 0.968 bits per heavy atom. The van der Waals surface area contributed by atoms with E-state index in [1.807, 2.05) is 61.5 Å². The summed E-state index contributed by atoms with van der Waals surface area (Å²) in [6.07, 6.45) is 0. The molecule has 0 fully saturated rings. The first kappa shape index (κ1) is 22.5. The van der Waals surface area contributed by atoms with E-state index in [1.54, 1.807) is 32.2 Å². The molecule has 6 nitrogen and oxygen atoms in total. The molecule has 0 spiro atoms. The molecule has 7 heteroatoms. The maximum atomic E-state index is 12.7. The predicted octanol–water partition coefficient (Wildman–Crippen LogP) is 4.29. The minimum Gasteiger partial charge on any atom is -0.497 e. The summed E-state index contributed by atoms with van der Waals surface area (Å²) in [5, 5.41) is 2.03. The Hall–Kier alpha value is -3.16. The van der Waals surface area contributed by atoms with Gasteiger partial charge in [-0.05, 0) is 48.7 Å². The van der Waals surface area contributed by atoms with Crippen molar-refractivity contribution < 1.29 is 17.9 Å². The molecule has 1 unspecified atom stereocenters. The van der Waals surface area contributed by atoms with Crippen LogP contribution in [0.4, 0.5) is 5.69 Å². The van der Waals surface area contributed by atoms with Gasteiger partial charge in [0, 0.05) is 11.3 Å². The summed E-state index contributed by atoms with van der Waals surface area (Å²) in [4.78, 5) is 12.5. The van der Waals surface area contributed by atoms with E-state index >= 15 is 0 Å². The second-order valence-electron chi connectivity index (χ2n) is 7.19. The van der Waals surface area contributed by atoms with Gasteiger partial charge in [-0.25, -0.2) is 13.1 Å². The van der Waals surface area contributed by atoms with Gasteiger partial charge in [0.2, 0.25) is 15.9 Å². The number of aryl methyl sites for hydroxylation is 1. The van der Waals surface area contributed by atoms with Crippen LogP contribution in [0.2, 0.25) is 0 Å². The van der Waals surface area contributed by atoms with Gasteiger partial charge in [-0.3, -0.25) is 4.79 Å². The molecule has 3 aromatic carbocycles. The molecule has 3 rings (SSSR count). The second-order valence-corrected chi connectivity index (χ2v) is 9.27. The molecule has 0 bridgehead atoms. The summed E-state index contributed by atoms with van der Waals surface area (Å²) in [7, 11) is -2.12. The first-order valence-corrected chi connectivity index (χ1v) is 11.4. The Morgan fingerprint density at radius 3 is 2.29 bits per heavy atom. The van der Waals surface area contributed by atoms with Crippen LogP contribution in [-0.2, 0) is 14.8 Å². The standard InChI is InChI=1S/C24H26N2O4S/c1-17-8-4-5-9-21(17)18(2)31(28,29)25-16-24(27)26-23-11-7-6-10-22(23)19-12-14-20(30-3)15-13-19/h4-15,18,25H,16H2,1-3H3,(H,26,27). The summed E-state index contributed by atoms with van der Waals surface area (Å²) in [5.74, 6) is 0.295. The fourth-order valence-corrected chi connectivity index (χ4v) is 4.49. The van der Waals surface area contributed by atoms with Gasteiger partial charge in [0.15, 0.2) is 0 Å². The van der Waals surface area contributed by atoms with Crippen LogP contribution in [0, 0.1) is 6.92 Å². The smallest absolute Gasteiger partial charge is 0.239 e. The summed E-state index contributed by atoms with van der Waals surface area (Å²) in [5.41, 5.74) is 3.93. The average Bonchev–Trinajstić information content (AvgIpc) is 2.78. The first-order valence-electron chi connectivity index (χ1n) is 9.89. The van der Waals surface area contributed by atoms with Crippen LogP contribution in [0.5, 0.6) is 5.75 Å². The molecule has 162 valence electrons. The summed E-state index contributed by atoms with van der Waals surface area (Å²) in [6, 6.07) is 22.2. The number of methoxy groups -OCH3 is 1. The molecular weight excluding hydrogens is 412 g/mol. The van der Waals surface area contributed by atoms with Crippen LogP contribution in [0.25, 0.3) is 11.1 Å². The number of hydrogen-bond acceptors (Lipinski definition) is 4. The van der Waals surface area contributed by atoms with Crippen molar-refractivity contribution in [1.82, 2.24) is 4.72 Å². The zero-order valence-corrected chi connectivity index (χ0v) is 18.6. The molecule has 0 heterocycles. The normalized spacial score (nSPS) is 12.2. The van der Waals surface area contributed by atoms with E-state index in [9.17, 15) is 13.2 Å². The molecule has 3 aromatic rings. The highest BCUT2D eigenvalue weighted by Gasteiger charge is 2.24. The molecule has 2 N–H and O–H groups in total. The Morgan fingerprint density at radius 2 is 1.61 bits per heavy atom. The van der Waals surface area contributed by atoms with Gasteiger partial charge in [-0.2, -0.15) is 0 Å². The van der Waals surface area contributed by atoms with Crippen LogP contribution >= 0.6 is 0 Å². The van der Waals surface area contributed by atoms with Crippen LogP contribution in [0.3, 0.4) is 0 Å². The number of nitrogens with one attached hydrogen (secondary N) is 2. The van der Waals surface area contributed by atoms with E-state index in [0.29, 0.717) is 11.3 Å². The number of carbonyl (C=O) groups is 1. The minimum atomic E-state index is -3.72. The average molecular weight is 439 g/mol. The number of sulfonamides is 1. The maximum absolute atomic E-state index is 12.7. The quantitative estimate of drug-likeness (QED) is 0.549. The third-order valence-corrected chi connectivity index (χ3v) is 6.86. The zero-order valence-electron chi connectivity index (χ0n) is 17.8. The molecule has 1 amide bonds. The molecule has 31 heavy (non-hydrogen) atoms. The van der Waals surface area contributed by atoms with Crippen LogP contribution in [0.1, 0.15) is 23.3 Å². The van der Waals surface area contributed by atoms with Gasteiger partial charge >= 0.3 is 0 Å². The number of ether oxygens (including phenoxy) is 1. The first-order chi connectivity index (χ1) is 14.8. The number of rotatable bonds is 8. The van der Waals surface area contributed by atoms with Crippen LogP contribution in [0.15, 0.2) is 72.8 Å². The van der Waals surface area contributed by atoms with Crippen LogP contribution in [-0.4, -0.2) is 28.0 Å². The lowest BCUT2D eigenvalue weighted by molar-refractivity contribution is -0.115. The molecule has 0 aliphatic rings. The molecule has 1 atom stereocenters. The van der Waals surface area contributed by atoms with E-state index in [1.165, 1.54) is 0 Å². The van der Waals surface area contributed by atoms with E-state index in [4.69, 9.17) is 4.74 Å². The topological polar surface area (TPSA) is 84.5 Å². The summed E-state index contributed by atoms with van der Waals surface area (Å²) < 4.78 is 33.0. The molecule has 0 saturated carbocycles. The largest absolute Gasteiger partial charge is 0.497 e. The number of anilines is 1. The molecular formula is C24H26N2O4S. The fourth-order valence-electron chi connectivity index (χ4n) is 3.31. The zero-order chi connectivity index (χ0) is 22.4. The van der Waals surface area contributed by atoms with E-state index < -0.39 is 21.2 Å². The molecule has 0 saturated heterocycles. The number of amides is 1. The number of hydrogen-bond donors (Lipinski definition) is 2. The second kappa shape index (κ2) is 9.76. The van der Waals surface area contributed by atoms with Gasteiger partial charge in [-0.1, -0.05) is 54.6 Å². The van der Waals surface area contributed by atoms with Gasteiger partial charge < -0.3 is 10.1 Å². The number of benzene rings is 3. The lowest BCUT2D eigenvalue weighted by atomic mass is 10.0. The van der Waals surface area contributed by atoms with Gasteiger partial charge in [0.05, 0.1) is 18.9 Å². The maximum Gasteiger partial charge on any atom is 0.239 e. The van der Waals surface area contributed by atoms with Gasteiger partial charge in [0.1, 0.15) is 5.75 Å². The van der Waals surface area contributed by atoms with Crippen molar-refractivity contribution in [2.24, 2.45) is 0 Å². The third kappa shape index (κ3) is 5.51. The van der Waals surface area contributed by atoms with Crippen molar-refractivity contribution >= 4 is 21.6 Å². The minimum absolute atomic E-state index is 0.352. The molecule has 0 radical (unpaired) electrons. The SMILES string of the molecule is COc1ccc(-c2ccccc2NC(=O)CNS(=O)(=O)C(C)c2ccccc2C)cc1. The summed E-state index contributed by atoms with van der Waals surface area (Å²) >= 11 is 0. The lowest BCUT2D eigenvalue weighted by Gasteiger charge is -2.17. The van der Waals surface area contributed by atoms with E-state index in [2.05, 4.69) is 10.0 Å². The van der Waals surface area contributed by atoms with Crippen molar-refractivity contribution in [1.29, 1.82) is 0 Å². The summed E-state index contributed by atoms with van der Waals surface area (Å²) in [6.45, 7) is 3.13. The highest BCUT2D eigenvalue weighted by Crippen LogP contribution is 2.29. The van der Waals surface area contributed by atoms with Crippen molar-refractivity contribution in [2.45, 2.75) is 19.1 Å². The highest BCUT2D eigenvalue weighted by molar-refractivity contribution is 7.89. The lowest BCUT2D eigenvalue weighted by Crippen LogP contribution is -2.35. The molecule has 0 aliphatic heterocycles. The number of carbonyl (C=O) groups excluding carboxylic acids is 1. The van der Waals surface area contributed by atoms with E-state index in [0.717, 1.165) is 22.4 Å². The Kier molecular flexibility index (Phi) is 7.09. The monoisotopic (exact) mass is 438 g/mol. The Balaban J connectivity index is 1.69. The highest BCUT2D eigenvalue weighted by atomic mass is 32.2. The molecule has 0 aliphatic carbocycles. The number of para-hydroxylation sites is 1. The van der Waals surface area contributed by atoms with Crippen molar-refractivity contribution in [3.05, 3.63) is 83.9 Å². The van der Waals surface area contributed by atoms with Crippen molar-refractivity contribution in [3.63, 3.8) is 0 Å². The van der Waals surface area contributed by atoms with E-state index in [-0.39, 0.29) is 6.54 Å². The Bertz CT molecular complexity index is 1160. The van der Waals surface area contributed by atoms with Crippen LogP contribution < -0.4 is 14.8 Å². The fraction of sp³-hybridized carbons (Fsp3) is 0.208. The van der Waals surface area contributed by atoms with Gasteiger partial charge in [0.25, 0.3) is 0 Å². The van der Waals surface area contributed by atoms with Crippen molar-refractivity contribution in [2.75, 3.05) is 19.0 Å². The van der Waals surface area contributed by atoms with Gasteiger partial charge in [-0.15, -0.1) is 0 Å². The van der Waals surface area contributed by atoms with Crippen molar-refractivity contribution in [3.8, 4) is 16.9 Å². The third-order valence-electron chi connectivity index (χ3n) is 5.13. The Labute approximate surface area is 183 Å².